The zero-order valence-corrected chi connectivity index (χ0v) is 30.9. The molecule has 0 fully saturated rings. The third-order valence-electron chi connectivity index (χ3n) is 6.19. The molecule has 0 radical (unpaired) electrons. The first kappa shape index (κ1) is 42.7. The third-order valence-corrected chi connectivity index (χ3v) is 6.19. The van der Waals surface area contributed by atoms with Crippen LogP contribution in [-0.4, -0.2) is 29.9 Å². The molecule has 5 rings (SSSR count). The summed E-state index contributed by atoms with van der Waals surface area (Å²) in [6.07, 6.45) is 23.4. The molecule has 5 heterocycles. The molecule has 3 aromatic rings. The molecular formula is C36H56N8OV. The van der Waals surface area contributed by atoms with Crippen molar-refractivity contribution in [3.05, 3.63) is 47.6 Å². The van der Waals surface area contributed by atoms with Crippen LogP contribution in [0.15, 0.2) is 24.3 Å². The first-order valence-electron chi connectivity index (χ1n) is 17.1. The average molecular weight is 668 g/mol. The summed E-state index contributed by atoms with van der Waals surface area (Å²) >= 11 is 1.06. The number of rotatable bonds is 8. The summed E-state index contributed by atoms with van der Waals surface area (Å²) in [7, 11) is 0. The van der Waals surface area contributed by atoms with E-state index in [0.29, 0.717) is 45.9 Å². The molecule has 0 N–H and O–H groups in total. The van der Waals surface area contributed by atoms with Crippen molar-refractivity contribution in [3.63, 3.8) is 0 Å². The summed E-state index contributed by atoms with van der Waals surface area (Å²) in [5, 5.41) is 0. The van der Waals surface area contributed by atoms with Gasteiger partial charge in [0.25, 0.3) is 0 Å². The summed E-state index contributed by atoms with van der Waals surface area (Å²) in [4.78, 5) is 34.8. The van der Waals surface area contributed by atoms with Gasteiger partial charge in [-0.1, -0.05) is 132 Å². The van der Waals surface area contributed by atoms with Gasteiger partial charge in [-0.15, -0.1) is 0 Å². The van der Waals surface area contributed by atoms with Gasteiger partial charge in [0.15, 0.2) is 0 Å². The Balaban J connectivity index is 0.000000759. The maximum absolute atomic E-state index is 8.19. The summed E-state index contributed by atoms with van der Waals surface area (Å²) in [5.74, 6) is 2.15. The SMILES string of the molecule is C1=Cc2nc1nc1ccc(nc3nc(nc4ccc(n2)[n-]4)C=C3)[n-]1.CCCCC.CCCCC.CCCCC.CCCCC.[O]=[V+2]. The Morgan fingerprint density at radius 3 is 0.739 bits per heavy atom. The predicted molar refractivity (Wildman–Crippen MR) is 189 cm³/mol. The molecule has 251 valence electrons. The number of hydrogen-bond acceptors (Lipinski definition) is 7. The van der Waals surface area contributed by atoms with Crippen LogP contribution >= 0.6 is 0 Å². The molecule has 0 aliphatic carbocycles. The molecule has 0 saturated carbocycles. The van der Waals surface area contributed by atoms with Crippen LogP contribution in [0.25, 0.3) is 46.9 Å². The van der Waals surface area contributed by atoms with E-state index in [4.69, 9.17) is 3.67 Å². The topological polar surface area (TPSA) is 123 Å². The molecule has 8 bridgehead atoms. The second-order valence-corrected chi connectivity index (χ2v) is 10.5. The molecule has 2 aliphatic rings. The van der Waals surface area contributed by atoms with Crippen molar-refractivity contribution in [3.8, 4) is 0 Å². The molecule has 3 aromatic heterocycles. The molecular weight excluding hydrogens is 611 g/mol. The molecule has 0 atom stereocenters. The monoisotopic (exact) mass is 667 g/mol. The molecule has 0 saturated heterocycles. The van der Waals surface area contributed by atoms with E-state index in [2.05, 4.69) is 95.3 Å². The van der Waals surface area contributed by atoms with Crippen molar-refractivity contribution in [1.82, 2.24) is 39.9 Å². The fourth-order valence-corrected chi connectivity index (χ4v) is 3.75. The quantitative estimate of drug-likeness (QED) is 0.159. The van der Waals surface area contributed by atoms with E-state index < -0.39 is 0 Å². The first-order chi connectivity index (χ1) is 22.5. The number of fused-ring (bicyclic) bond motifs is 8. The Morgan fingerprint density at radius 1 is 0.391 bits per heavy atom. The van der Waals surface area contributed by atoms with E-state index in [1.807, 2.05) is 0 Å². The van der Waals surface area contributed by atoms with E-state index in [9.17, 15) is 0 Å². The van der Waals surface area contributed by atoms with Gasteiger partial charge in [0, 0.05) is 22.6 Å². The molecule has 0 spiro atoms. The second-order valence-electron chi connectivity index (χ2n) is 10.5. The molecule has 0 aromatic carbocycles. The van der Waals surface area contributed by atoms with Crippen LogP contribution in [0.5, 0.6) is 0 Å². The number of hydrogen-bond donors (Lipinski definition) is 0. The predicted octanol–water partition coefficient (Wildman–Crippen LogP) is 10.2. The molecule has 9 nitrogen and oxygen atoms in total. The van der Waals surface area contributed by atoms with Crippen LogP contribution in [-0.2, 0) is 21.0 Å². The standard InChI is InChI=1S/C16H8N8.4C5H12.O.V/c1-2-10-17-9(1)21-11-3-4-13(18-11)23-15-7-8-16(20-15)24-14-6-5-12(19-14)22-10;4*1-3-5-4-2;;/h1-8H;4*3-5H2,1-2H3;;/q-2;;;;;;+2. The van der Waals surface area contributed by atoms with E-state index in [1.54, 1.807) is 48.6 Å². The summed E-state index contributed by atoms with van der Waals surface area (Å²) in [6, 6.07) is 7.12. The van der Waals surface area contributed by atoms with Gasteiger partial charge in [0.2, 0.25) is 0 Å². The zero-order chi connectivity index (χ0) is 34.4. The zero-order valence-electron chi connectivity index (χ0n) is 29.5. The molecule has 2 aliphatic heterocycles. The van der Waals surface area contributed by atoms with Gasteiger partial charge < -0.3 is 29.9 Å². The van der Waals surface area contributed by atoms with Crippen LogP contribution in [0.2, 0.25) is 0 Å². The van der Waals surface area contributed by atoms with Crippen molar-refractivity contribution in [1.29, 1.82) is 0 Å². The minimum absolute atomic E-state index is 0.538. The van der Waals surface area contributed by atoms with Crippen LogP contribution in [0.4, 0.5) is 0 Å². The van der Waals surface area contributed by atoms with Gasteiger partial charge in [-0.2, -0.15) is 0 Å². The Bertz CT molecular complexity index is 1190. The summed E-state index contributed by atoms with van der Waals surface area (Å²) in [5.41, 5.74) is 2.15. The Kier molecular flexibility index (Phi) is 27.0. The molecule has 0 amide bonds. The maximum atomic E-state index is 8.19. The fourth-order valence-electron chi connectivity index (χ4n) is 3.75. The fraction of sp³-hybridized carbons (Fsp3) is 0.556. The Hall–Kier alpha value is -3.30. The van der Waals surface area contributed by atoms with E-state index in [1.165, 1.54) is 77.0 Å². The Morgan fingerprint density at radius 2 is 0.587 bits per heavy atom. The van der Waals surface area contributed by atoms with Crippen LogP contribution in [0.3, 0.4) is 0 Å². The van der Waals surface area contributed by atoms with Gasteiger partial charge >= 0.3 is 21.0 Å². The number of aromatic nitrogens is 8. The summed E-state index contributed by atoms with van der Waals surface area (Å²) < 4.78 is 8.19. The van der Waals surface area contributed by atoms with Crippen molar-refractivity contribution >= 4 is 46.9 Å². The number of unbranched alkanes of at least 4 members (excludes halogenated alkanes) is 8. The third kappa shape index (κ3) is 20.0. The van der Waals surface area contributed by atoms with E-state index in [-0.39, 0.29) is 0 Å². The summed E-state index contributed by atoms with van der Waals surface area (Å²) in [6.45, 7) is 17.7. The van der Waals surface area contributed by atoms with Crippen LogP contribution in [0.1, 0.15) is 156 Å². The minimum atomic E-state index is 0.538. The average Bonchev–Trinajstić information content (AvgIpc) is 3.88. The second kappa shape index (κ2) is 29.1. The Labute approximate surface area is 287 Å². The molecule has 10 heteroatoms. The van der Waals surface area contributed by atoms with Crippen molar-refractivity contribution < 1.29 is 21.0 Å². The van der Waals surface area contributed by atoms with Crippen molar-refractivity contribution in [2.45, 2.75) is 132 Å². The van der Waals surface area contributed by atoms with Crippen LogP contribution < -0.4 is 9.97 Å². The molecule has 0 unspecified atom stereocenters. The molecule has 46 heavy (non-hydrogen) atoms. The number of nitrogens with zero attached hydrogens (tertiary/aromatic N) is 8. The van der Waals surface area contributed by atoms with Crippen molar-refractivity contribution in [2.75, 3.05) is 0 Å². The van der Waals surface area contributed by atoms with Crippen LogP contribution in [0, 0.1) is 0 Å². The first-order valence-corrected chi connectivity index (χ1v) is 17.6. The normalized spacial score (nSPS) is 10.4. The van der Waals surface area contributed by atoms with Gasteiger partial charge in [0.05, 0.1) is 23.3 Å². The van der Waals surface area contributed by atoms with Gasteiger partial charge in [-0.3, -0.25) is 0 Å². The van der Waals surface area contributed by atoms with Gasteiger partial charge in [-0.05, 0) is 48.6 Å². The van der Waals surface area contributed by atoms with Gasteiger partial charge in [-0.25, -0.2) is 9.97 Å². The van der Waals surface area contributed by atoms with E-state index in [0.717, 1.165) is 17.4 Å². The van der Waals surface area contributed by atoms with Crippen molar-refractivity contribution in [2.24, 2.45) is 0 Å². The van der Waals surface area contributed by atoms with E-state index >= 15 is 0 Å². The van der Waals surface area contributed by atoms with Gasteiger partial charge in [0.1, 0.15) is 0 Å².